The maximum absolute atomic E-state index is 6.88. The monoisotopic (exact) mass is 760 g/mol. The second kappa shape index (κ2) is 13.2. The van der Waals surface area contributed by atoms with Crippen LogP contribution in [0.2, 0.25) is 0 Å². The lowest BCUT2D eigenvalue weighted by molar-refractivity contribution is 0.547. The summed E-state index contributed by atoms with van der Waals surface area (Å²) in [5, 5.41) is 6.21. The Hall–Kier alpha value is -7.14. The standard InChI is InChI=1S/C54H36N2OS/c1-2-14-36(15-3-1)40-32-33-48(53-43-20-6-10-25-49(43)57-54(40)53)55(47-24-13-27-51-52(47)44-21-7-11-26-50(44)58-51)38-30-28-35(29-31-38)37-16-12-17-39(34-37)56-45-22-8-4-18-41(45)42-19-5-9-23-46(42)56/h1-9,11-24,26-34H,10,25H2. The zero-order valence-corrected chi connectivity index (χ0v) is 32.4. The van der Waals surface area contributed by atoms with Crippen LogP contribution in [0.15, 0.2) is 192 Å². The van der Waals surface area contributed by atoms with Gasteiger partial charge in [-0.3, -0.25) is 0 Å². The van der Waals surface area contributed by atoms with Crippen LogP contribution in [-0.2, 0) is 6.42 Å². The fourth-order valence-electron chi connectivity index (χ4n) is 9.24. The summed E-state index contributed by atoms with van der Waals surface area (Å²) in [4.78, 5) is 2.47. The molecule has 0 radical (unpaired) electrons. The Morgan fingerprint density at radius 3 is 2.00 bits per heavy atom. The SMILES string of the molecule is C1=Cc2c(oc3c(-c4ccccc4)ccc(N(c4ccc(-c5cccc(-n6c7ccccc7c7ccccc76)c5)cc4)c4cccc5sc6ccccc6c45)c23)CC1. The Labute approximate surface area is 340 Å². The molecule has 0 amide bonds. The van der Waals surface area contributed by atoms with Gasteiger partial charge in [0.1, 0.15) is 11.3 Å². The molecule has 12 rings (SSSR count). The van der Waals surface area contributed by atoms with Crippen molar-refractivity contribution in [1.82, 2.24) is 4.57 Å². The number of benzene rings is 8. The summed E-state index contributed by atoms with van der Waals surface area (Å²) in [7, 11) is 0. The van der Waals surface area contributed by atoms with Crippen molar-refractivity contribution in [1.29, 1.82) is 0 Å². The molecule has 0 atom stereocenters. The minimum atomic E-state index is 0.890. The number of furan rings is 1. The van der Waals surface area contributed by atoms with Gasteiger partial charge < -0.3 is 13.9 Å². The molecule has 0 spiro atoms. The molecule has 11 aromatic rings. The lowest BCUT2D eigenvalue weighted by atomic mass is 9.96. The van der Waals surface area contributed by atoms with E-state index in [2.05, 4.69) is 204 Å². The third kappa shape index (κ3) is 5.12. The lowest BCUT2D eigenvalue weighted by Gasteiger charge is -2.28. The van der Waals surface area contributed by atoms with Gasteiger partial charge in [0.15, 0.2) is 0 Å². The van der Waals surface area contributed by atoms with E-state index in [1.54, 1.807) is 0 Å². The number of hydrogen-bond donors (Lipinski definition) is 0. The molecule has 0 bridgehead atoms. The number of allylic oxidation sites excluding steroid dienone is 1. The molecule has 58 heavy (non-hydrogen) atoms. The molecule has 4 heteroatoms. The van der Waals surface area contributed by atoms with Crippen molar-refractivity contribution >= 4 is 87.4 Å². The quantitative estimate of drug-likeness (QED) is 0.168. The van der Waals surface area contributed by atoms with E-state index in [0.29, 0.717) is 0 Å². The summed E-state index contributed by atoms with van der Waals surface area (Å²) in [5.74, 6) is 1.06. The average molecular weight is 761 g/mol. The van der Waals surface area contributed by atoms with Crippen LogP contribution >= 0.6 is 11.3 Å². The molecule has 0 N–H and O–H groups in total. The smallest absolute Gasteiger partial charge is 0.144 e. The number of anilines is 3. The summed E-state index contributed by atoms with van der Waals surface area (Å²) < 4.78 is 11.8. The van der Waals surface area contributed by atoms with Gasteiger partial charge in [0.2, 0.25) is 0 Å². The van der Waals surface area contributed by atoms with E-state index in [9.17, 15) is 0 Å². The average Bonchev–Trinajstić information content (AvgIpc) is 3.98. The first-order valence-electron chi connectivity index (χ1n) is 20.0. The second-order valence-electron chi connectivity index (χ2n) is 15.1. The molecule has 1 aliphatic carbocycles. The Balaban J connectivity index is 1.05. The van der Waals surface area contributed by atoms with Crippen LogP contribution in [-0.4, -0.2) is 4.57 Å². The van der Waals surface area contributed by atoms with E-state index in [-0.39, 0.29) is 0 Å². The van der Waals surface area contributed by atoms with Gasteiger partial charge in [0, 0.05) is 59.9 Å². The van der Waals surface area contributed by atoms with Crippen LogP contribution in [0.4, 0.5) is 17.1 Å². The Kier molecular flexibility index (Phi) is 7.54. The number of rotatable bonds is 6. The van der Waals surface area contributed by atoms with Crippen LogP contribution in [0.5, 0.6) is 0 Å². The molecule has 3 heterocycles. The fraction of sp³-hybridized carbons (Fsp3) is 0.0370. The second-order valence-corrected chi connectivity index (χ2v) is 16.2. The molecular formula is C54H36N2OS. The number of nitrogens with zero attached hydrogens (tertiary/aromatic N) is 2. The molecule has 0 saturated carbocycles. The summed E-state index contributed by atoms with van der Waals surface area (Å²) in [6, 6.07) is 66.2. The lowest BCUT2D eigenvalue weighted by Crippen LogP contribution is -2.11. The van der Waals surface area contributed by atoms with Gasteiger partial charge >= 0.3 is 0 Å². The van der Waals surface area contributed by atoms with Crippen molar-refractivity contribution in [3.63, 3.8) is 0 Å². The van der Waals surface area contributed by atoms with Gasteiger partial charge in [0.25, 0.3) is 0 Å². The molecule has 0 unspecified atom stereocenters. The molecule has 0 fully saturated rings. The van der Waals surface area contributed by atoms with Gasteiger partial charge in [-0.1, -0.05) is 127 Å². The number of aromatic nitrogens is 1. The molecule has 3 nitrogen and oxygen atoms in total. The van der Waals surface area contributed by atoms with E-state index < -0.39 is 0 Å². The molecule has 3 aromatic heterocycles. The van der Waals surface area contributed by atoms with Crippen LogP contribution in [0, 0.1) is 0 Å². The maximum atomic E-state index is 6.88. The van der Waals surface area contributed by atoms with Crippen molar-refractivity contribution in [2.24, 2.45) is 0 Å². The maximum Gasteiger partial charge on any atom is 0.144 e. The van der Waals surface area contributed by atoms with Gasteiger partial charge in [-0.25, -0.2) is 0 Å². The highest BCUT2D eigenvalue weighted by Crippen LogP contribution is 2.50. The predicted octanol–water partition coefficient (Wildman–Crippen LogP) is 15.7. The molecule has 0 aliphatic heterocycles. The Bertz CT molecular complexity index is 3350. The zero-order valence-electron chi connectivity index (χ0n) is 31.6. The summed E-state index contributed by atoms with van der Waals surface area (Å²) in [6.45, 7) is 0. The van der Waals surface area contributed by atoms with Crippen LogP contribution in [0.3, 0.4) is 0 Å². The van der Waals surface area contributed by atoms with Crippen molar-refractivity contribution in [2.75, 3.05) is 4.90 Å². The first-order chi connectivity index (χ1) is 28.8. The number of aryl methyl sites for hydroxylation is 1. The molecule has 0 saturated heterocycles. The third-order valence-electron chi connectivity index (χ3n) is 11.8. The molecule has 1 aliphatic rings. The van der Waals surface area contributed by atoms with Crippen molar-refractivity contribution in [2.45, 2.75) is 12.8 Å². The number of fused-ring (bicyclic) bond motifs is 9. The fourth-order valence-corrected chi connectivity index (χ4v) is 10.4. The number of thiophene rings is 1. The van der Waals surface area contributed by atoms with Gasteiger partial charge in [-0.15, -0.1) is 11.3 Å². The molecular weight excluding hydrogens is 725 g/mol. The van der Waals surface area contributed by atoms with Crippen molar-refractivity contribution < 1.29 is 4.42 Å². The van der Waals surface area contributed by atoms with Crippen LogP contribution in [0.1, 0.15) is 17.7 Å². The van der Waals surface area contributed by atoms with E-state index in [4.69, 9.17) is 4.42 Å². The minimum absolute atomic E-state index is 0.890. The topological polar surface area (TPSA) is 21.3 Å². The van der Waals surface area contributed by atoms with E-state index in [0.717, 1.165) is 63.4 Å². The van der Waals surface area contributed by atoms with Gasteiger partial charge in [0.05, 0.1) is 27.8 Å². The highest BCUT2D eigenvalue weighted by Gasteiger charge is 2.26. The molecule has 8 aromatic carbocycles. The van der Waals surface area contributed by atoms with Gasteiger partial charge in [-0.2, -0.15) is 0 Å². The summed E-state index contributed by atoms with van der Waals surface area (Å²) in [6.07, 6.45) is 6.43. The highest BCUT2D eigenvalue weighted by atomic mass is 32.1. The van der Waals surface area contributed by atoms with E-state index >= 15 is 0 Å². The first kappa shape index (κ1) is 33.0. The Morgan fingerprint density at radius 1 is 0.517 bits per heavy atom. The first-order valence-corrected chi connectivity index (χ1v) is 20.8. The van der Waals surface area contributed by atoms with Gasteiger partial charge in [-0.05, 0) is 89.8 Å². The predicted molar refractivity (Wildman–Crippen MR) is 246 cm³/mol. The van der Waals surface area contributed by atoms with Crippen LogP contribution in [0.25, 0.3) is 87.0 Å². The Morgan fingerprint density at radius 2 is 1.19 bits per heavy atom. The largest absolute Gasteiger partial charge is 0.460 e. The number of para-hydroxylation sites is 2. The van der Waals surface area contributed by atoms with Crippen molar-refractivity contribution in [3.05, 3.63) is 199 Å². The normalized spacial score (nSPS) is 12.6. The third-order valence-corrected chi connectivity index (χ3v) is 13.0. The summed E-state index contributed by atoms with van der Waals surface area (Å²) in [5.41, 5.74) is 13.6. The summed E-state index contributed by atoms with van der Waals surface area (Å²) >= 11 is 1.85. The van der Waals surface area contributed by atoms with E-state index in [1.165, 1.54) is 58.7 Å². The van der Waals surface area contributed by atoms with Crippen molar-refractivity contribution in [3.8, 4) is 27.9 Å². The minimum Gasteiger partial charge on any atom is -0.460 e. The zero-order chi connectivity index (χ0) is 38.2. The highest BCUT2D eigenvalue weighted by molar-refractivity contribution is 7.26. The van der Waals surface area contributed by atoms with Crippen LogP contribution < -0.4 is 4.90 Å². The number of hydrogen-bond acceptors (Lipinski definition) is 3. The van der Waals surface area contributed by atoms with E-state index in [1.807, 2.05) is 11.3 Å². The molecule has 274 valence electrons.